The minimum atomic E-state index is -0.735. The fourth-order valence-electron chi connectivity index (χ4n) is 1.61. The van der Waals surface area contributed by atoms with E-state index < -0.39 is 12.0 Å². The molecule has 21 heavy (non-hydrogen) atoms. The Kier molecular flexibility index (Phi) is 4.22. The molecule has 2 rings (SSSR count). The van der Waals surface area contributed by atoms with Gasteiger partial charge in [-0.1, -0.05) is 5.16 Å². The van der Waals surface area contributed by atoms with Crippen molar-refractivity contribution >= 4 is 17.6 Å². The molecule has 2 aromatic rings. The lowest BCUT2D eigenvalue weighted by Crippen LogP contribution is -2.30. The quantitative estimate of drug-likeness (QED) is 0.867. The predicted octanol–water partition coefficient (Wildman–Crippen LogP) is 1.49. The molecule has 3 N–H and O–H groups in total. The Labute approximate surface area is 121 Å². The Morgan fingerprint density at radius 3 is 2.52 bits per heavy atom. The van der Waals surface area contributed by atoms with Gasteiger partial charge in [-0.2, -0.15) is 0 Å². The number of nitrogens with two attached hydrogens (primary N) is 1. The molecule has 110 valence electrons. The highest BCUT2D eigenvalue weighted by Gasteiger charge is 2.16. The van der Waals surface area contributed by atoms with Crippen molar-refractivity contribution in [3.05, 3.63) is 41.7 Å². The highest BCUT2D eigenvalue weighted by molar-refractivity contribution is 5.93. The van der Waals surface area contributed by atoms with Crippen LogP contribution in [0.5, 0.6) is 5.75 Å². The summed E-state index contributed by atoms with van der Waals surface area (Å²) >= 11 is 0. The van der Waals surface area contributed by atoms with Gasteiger partial charge in [-0.15, -0.1) is 0 Å². The molecule has 0 saturated heterocycles. The van der Waals surface area contributed by atoms with Gasteiger partial charge in [-0.05, 0) is 38.1 Å². The molecule has 0 aliphatic heterocycles. The maximum atomic E-state index is 11.9. The minimum absolute atomic E-state index is 0.331. The molecule has 0 radical (unpaired) electrons. The zero-order valence-corrected chi connectivity index (χ0v) is 11.6. The Bertz CT molecular complexity index is 648. The van der Waals surface area contributed by atoms with E-state index in [1.54, 1.807) is 32.0 Å². The number of benzene rings is 1. The number of amides is 2. The van der Waals surface area contributed by atoms with Crippen LogP contribution in [0.1, 0.15) is 23.0 Å². The first-order valence-electron chi connectivity index (χ1n) is 6.26. The average molecular weight is 289 g/mol. The molecule has 1 unspecified atom stereocenters. The smallest absolute Gasteiger partial charge is 0.266 e. The van der Waals surface area contributed by atoms with Gasteiger partial charge in [0.15, 0.2) is 11.9 Å². The van der Waals surface area contributed by atoms with Crippen molar-refractivity contribution < 1.29 is 18.8 Å². The lowest BCUT2D eigenvalue weighted by Gasteiger charge is -2.13. The summed E-state index contributed by atoms with van der Waals surface area (Å²) in [5, 5.41) is 6.23. The average Bonchev–Trinajstić information content (AvgIpc) is 2.84. The van der Waals surface area contributed by atoms with Crippen LogP contribution in [-0.4, -0.2) is 23.1 Å². The first-order valence-corrected chi connectivity index (χ1v) is 6.26. The van der Waals surface area contributed by atoms with E-state index in [0.29, 0.717) is 22.9 Å². The van der Waals surface area contributed by atoms with Crippen LogP contribution >= 0.6 is 0 Å². The molecule has 7 nitrogen and oxygen atoms in total. The number of hydrogen-bond acceptors (Lipinski definition) is 5. The van der Waals surface area contributed by atoms with E-state index in [9.17, 15) is 9.59 Å². The number of aromatic nitrogens is 1. The molecular weight excluding hydrogens is 274 g/mol. The molecule has 1 aromatic heterocycles. The van der Waals surface area contributed by atoms with Crippen LogP contribution in [0.2, 0.25) is 0 Å². The lowest BCUT2D eigenvalue weighted by molar-refractivity contribution is -0.122. The van der Waals surface area contributed by atoms with E-state index in [0.717, 1.165) is 0 Å². The first kappa shape index (κ1) is 14.6. The highest BCUT2D eigenvalue weighted by Crippen LogP contribution is 2.15. The van der Waals surface area contributed by atoms with Crippen LogP contribution in [-0.2, 0) is 4.79 Å². The van der Waals surface area contributed by atoms with E-state index in [1.165, 1.54) is 12.1 Å². The van der Waals surface area contributed by atoms with Crippen LogP contribution < -0.4 is 15.8 Å². The van der Waals surface area contributed by atoms with Crippen molar-refractivity contribution in [3.8, 4) is 5.75 Å². The van der Waals surface area contributed by atoms with Gasteiger partial charge in [0, 0.05) is 11.6 Å². The minimum Gasteiger partial charge on any atom is -0.481 e. The lowest BCUT2D eigenvalue weighted by atomic mass is 10.2. The van der Waals surface area contributed by atoms with E-state index in [2.05, 4.69) is 10.5 Å². The predicted molar refractivity (Wildman–Crippen MR) is 74.9 cm³/mol. The largest absolute Gasteiger partial charge is 0.481 e. The van der Waals surface area contributed by atoms with Gasteiger partial charge in [-0.3, -0.25) is 9.59 Å². The Hall–Kier alpha value is -2.83. The van der Waals surface area contributed by atoms with Crippen molar-refractivity contribution in [1.29, 1.82) is 0 Å². The zero-order chi connectivity index (χ0) is 15.4. The van der Waals surface area contributed by atoms with Gasteiger partial charge in [-0.25, -0.2) is 0 Å². The summed E-state index contributed by atoms with van der Waals surface area (Å²) < 4.78 is 10.3. The fraction of sp³-hybridized carbons (Fsp3) is 0.214. The zero-order valence-electron chi connectivity index (χ0n) is 11.6. The Balaban J connectivity index is 1.95. The van der Waals surface area contributed by atoms with Gasteiger partial charge in [0.1, 0.15) is 11.5 Å². The standard InChI is InChI=1S/C14H15N3O4/c1-8-7-12(17-21-8)16-14(19)9(2)20-11-5-3-10(4-6-11)13(15)18/h3-7,9H,1-2H3,(H2,15,18)(H,16,17,19). The van der Waals surface area contributed by atoms with Gasteiger partial charge < -0.3 is 20.3 Å². The second kappa shape index (κ2) is 6.08. The SMILES string of the molecule is Cc1cc(NC(=O)C(C)Oc2ccc(C(N)=O)cc2)no1. The summed E-state index contributed by atoms with van der Waals surface area (Å²) in [7, 11) is 0. The summed E-state index contributed by atoms with van der Waals surface area (Å²) in [4.78, 5) is 22.9. The Morgan fingerprint density at radius 1 is 1.33 bits per heavy atom. The number of nitrogens with one attached hydrogen (secondary N) is 1. The molecule has 1 heterocycles. The number of primary amides is 1. The van der Waals surface area contributed by atoms with E-state index in [-0.39, 0.29) is 5.91 Å². The van der Waals surface area contributed by atoms with E-state index in [4.69, 9.17) is 15.0 Å². The highest BCUT2D eigenvalue weighted by atomic mass is 16.5. The molecule has 1 atom stereocenters. The van der Waals surface area contributed by atoms with Crippen molar-refractivity contribution in [2.24, 2.45) is 5.73 Å². The number of anilines is 1. The number of aryl methyl sites for hydroxylation is 1. The second-order valence-corrected chi connectivity index (χ2v) is 4.46. The summed E-state index contributed by atoms with van der Waals surface area (Å²) in [6, 6.07) is 7.81. The fourth-order valence-corrected chi connectivity index (χ4v) is 1.61. The summed E-state index contributed by atoms with van der Waals surface area (Å²) in [5.74, 6) is 0.507. The summed E-state index contributed by atoms with van der Waals surface area (Å²) in [6.45, 7) is 3.33. The van der Waals surface area contributed by atoms with Gasteiger partial charge >= 0.3 is 0 Å². The topological polar surface area (TPSA) is 107 Å². The number of carbonyl (C=O) groups excluding carboxylic acids is 2. The third-order valence-corrected chi connectivity index (χ3v) is 2.70. The maximum absolute atomic E-state index is 11.9. The normalized spacial score (nSPS) is 11.7. The van der Waals surface area contributed by atoms with Gasteiger partial charge in [0.05, 0.1) is 0 Å². The summed E-state index contributed by atoms with van der Waals surface area (Å²) in [5.41, 5.74) is 5.51. The van der Waals surface area contributed by atoms with Gasteiger partial charge in [0.25, 0.3) is 5.91 Å². The molecule has 0 aliphatic carbocycles. The van der Waals surface area contributed by atoms with Crippen LogP contribution in [0, 0.1) is 6.92 Å². The van der Waals surface area contributed by atoms with Crippen molar-refractivity contribution in [2.45, 2.75) is 20.0 Å². The number of carbonyl (C=O) groups is 2. The molecule has 0 spiro atoms. The number of ether oxygens (including phenoxy) is 1. The van der Waals surface area contributed by atoms with E-state index >= 15 is 0 Å². The number of hydrogen-bond donors (Lipinski definition) is 2. The van der Waals surface area contributed by atoms with Crippen molar-refractivity contribution in [1.82, 2.24) is 5.16 Å². The van der Waals surface area contributed by atoms with Crippen LogP contribution in [0.15, 0.2) is 34.9 Å². The second-order valence-electron chi connectivity index (χ2n) is 4.46. The monoisotopic (exact) mass is 289 g/mol. The maximum Gasteiger partial charge on any atom is 0.266 e. The van der Waals surface area contributed by atoms with Crippen LogP contribution in [0.3, 0.4) is 0 Å². The number of nitrogens with zero attached hydrogens (tertiary/aromatic N) is 1. The molecule has 1 aromatic carbocycles. The number of rotatable bonds is 5. The van der Waals surface area contributed by atoms with Crippen molar-refractivity contribution in [3.63, 3.8) is 0 Å². The van der Waals surface area contributed by atoms with Crippen LogP contribution in [0.25, 0.3) is 0 Å². The van der Waals surface area contributed by atoms with Gasteiger partial charge in [0.2, 0.25) is 5.91 Å². The van der Waals surface area contributed by atoms with Crippen LogP contribution in [0.4, 0.5) is 5.82 Å². The molecule has 0 bridgehead atoms. The van der Waals surface area contributed by atoms with E-state index in [1.807, 2.05) is 0 Å². The van der Waals surface area contributed by atoms with Crippen molar-refractivity contribution in [2.75, 3.05) is 5.32 Å². The molecule has 0 fully saturated rings. The molecular formula is C14H15N3O4. The third-order valence-electron chi connectivity index (χ3n) is 2.70. The molecule has 2 amide bonds. The first-order chi connectivity index (χ1) is 9.95. The Morgan fingerprint density at radius 2 is 2.00 bits per heavy atom. The summed E-state index contributed by atoms with van der Waals surface area (Å²) in [6.07, 6.45) is -0.735. The third kappa shape index (κ3) is 3.82. The molecule has 0 aliphatic rings. The molecule has 0 saturated carbocycles. The molecule has 7 heteroatoms.